The van der Waals surface area contributed by atoms with Crippen LogP contribution in [0.1, 0.15) is 15.8 Å². The van der Waals surface area contributed by atoms with Crippen LogP contribution < -0.4 is 9.47 Å². The standard InChI is InChI=1S/C17H17NO3S2/c19-16(11-13-2-1-8-22-13)18-5-9-23-17(18)12-3-4-14-15(10-12)21-7-6-20-14/h1-4,8,10,17H,5-7,9,11H2. The second kappa shape index (κ2) is 6.45. The number of ether oxygens (including phenoxy) is 2. The van der Waals surface area contributed by atoms with Crippen LogP contribution in [0, 0.1) is 0 Å². The summed E-state index contributed by atoms with van der Waals surface area (Å²) in [5.74, 6) is 2.73. The summed E-state index contributed by atoms with van der Waals surface area (Å²) in [5.41, 5.74) is 1.11. The van der Waals surface area contributed by atoms with E-state index in [1.54, 1.807) is 11.3 Å². The van der Waals surface area contributed by atoms with Crippen LogP contribution >= 0.6 is 23.1 Å². The quantitative estimate of drug-likeness (QED) is 0.854. The number of hydrogen-bond acceptors (Lipinski definition) is 5. The van der Waals surface area contributed by atoms with Crippen molar-refractivity contribution in [3.8, 4) is 11.5 Å². The van der Waals surface area contributed by atoms with Crippen molar-refractivity contribution in [3.63, 3.8) is 0 Å². The lowest BCUT2D eigenvalue weighted by atomic mass is 10.1. The lowest BCUT2D eigenvalue weighted by Crippen LogP contribution is -2.31. The molecule has 120 valence electrons. The van der Waals surface area contributed by atoms with E-state index in [0.29, 0.717) is 19.6 Å². The normalized spacial score (nSPS) is 19.8. The Morgan fingerprint density at radius 1 is 1.22 bits per heavy atom. The predicted octanol–water partition coefficient (Wildman–Crippen LogP) is 3.34. The van der Waals surface area contributed by atoms with Gasteiger partial charge in [0.25, 0.3) is 0 Å². The van der Waals surface area contributed by atoms with E-state index in [2.05, 4.69) is 0 Å². The summed E-state index contributed by atoms with van der Waals surface area (Å²) in [6.45, 7) is 1.97. The molecule has 1 aromatic heterocycles. The van der Waals surface area contributed by atoms with Gasteiger partial charge in [-0.25, -0.2) is 0 Å². The molecule has 3 heterocycles. The predicted molar refractivity (Wildman–Crippen MR) is 92.4 cm³/mol. The Labute approximate surface area is 143 Å². The molecule has 1 aromatic carbocycles. The zero-order valence-corrected chi connectivity index (χ0v) is 14.2. The maximum Gasteiger partial charge on any atom is 0.229 e. The van der Waals surface area contributed by atoms with Crippen LogP contribution in [0.25, 0.3) is 0 Å². The number of hydrogen-bond donors (Lipinski definition) is 0. The van der Waals surface area contributed by atoms with Crippen molar-refractivity contribution < 1.29 is 14.3 Å². The molecular weight excluding hydrogens is 330 g/mol. The van der Waals surface area contributed by atoms with Crippen molar-refractivity contribution in [2.24, 2.45) is 0 Å². The number of amides is 1. The maximum absolute atomic E-state index is 12.6. The summed E-state index contributed by atoms with van der Waals surface area (Å²) in [7, 11) is 0. The SMILES string of the molecule is O=C(Cc1cccs1)N1CCSC1c1ccc2c(c1)OCCO2. The summed E-state index contributed by atoms with van der Waals surface area (Å²) < 4.78 is 11.2. The zero-order chi connectivity index (χ0) is 15.6. The molecule has 0 aliphatic carbocycles. The fraction of sp³-hybridized carbons (Fsp3) is 0.353. The van der Waals surface area contributed by atoms with Gasteiger partial charge in [-0.1, -0.05) is 12.1 Å². The van der Waals surface area contributed by atoms with Gasteiger partial charge < -0.3 is 14.4 Å². The van der Waals surface area contributed by atoms with Gasteiger partial charge in [0.2, 0.25) is 5.91 Å². The van der Waals surface area contributed by atoms with Crippen molar-refractivity contribution in [2.75, 3.05) is 25.5 Å². The number of carbonyl (C=O) groups excluding carboxylic acids is 1. The van der Waals surface area contributed by atoms with Gasteiger partial charge in [-0.2, -0.15) is 0 Å². The lowest BCUT2D eigenvalue weighted by Gasteiger charge is -2.26. The van der Waals surface area contributed by atoms with E-state index in [1.165, 1.54) is 0 Å². The summed E-state index contributed by atoms with van der Waals surface area (Å²) in [4.78, 5) is 15.7. The Bertz CT molecular complexity index is 702. The van der Waals surface area contributed by atoms with Crippen molar-refractivity contribution in [1.82, 2.24) is 4.90 Å². The Kier molecular flexibility index (Phi) is 4.18. The molecule has 1 saturated heterocycles. The third-order valence-corrected chi connectivity index (χ3v) is 6.11. The van der Waals surface area contributed by atoms with E-state index in [4.69, 9.17) is 9.47 Å². The number of fused-ring (bicyclic) bond motifs is 1. The summed E-state index contributed by atoms with van der Waals surface area (Å²) in [6.07, 6.45) is 0.485. The molecule has 4 nitrogen and oxygen atoms in total. The van der Waals surface area contributed by atoms with Gasteiger partial charge in [0.05, 0.1) is 6.42 Å². The van der Waals surface area contributed by atoms with Crippen LogP contribution in [0.5, 0.6) is 11.5 Å². The average Bonchev–Trinajstić information content (AvgIpc) is 3.25. The first-order valence-corrected chi connectivity index (χ1v) is 9.57. The maximum atomic E-state index is 12.6. The van der Waals surface area contributed by atoms with Crippen LogP contribution in [-0.2, 0) is 11.2 Å². The summed E-state index contributed by atoms with van der Waals surface area (Å²) in [5, 5.41) is 2.08. The first-order valence-electron chi connectivity index (χ1n) is 7.64. The van der Waals surface area contributed by atoms with Gasteiger partial charge >= 0.3 is 0 Å². The van der Waals surface area contributed by atoms with E-state index in [0.717, 1.165) is 34.2 Å². The second-order valence-electron chi connectivity index (χ2n) is 5.47. The van der Waals surface area contributed by atoms with Crippen molar-refractivity contribution in [3.05, 3.63) is 46.2 Å². The molecule has 2 aliphatic rings. The number of rotatable bonds is 3. The molecule has 0 N–H and O–H groups in total. The minimum atomic E-state index is 0.0679. The van der Waals surface area contributed by atoms with Crippen molar-refractivity contribution in [2.45, 2.75) is 11.8 Å². The van der Waals surface area contributed by atoms with Crippen LogP contribution in [0.3, 0.4) is 0 Å². The average molecular weight is 347 g/mol. The highest BCUT2D eigenvalue weighted by Gasteiger charge is 2.31. The van der Waals surface area contributed by atoms with E-state index >= 15 is 0 Å². The molecule has 0 radical (unpaired) electrons. The van der Waals surface area contributed by atoms with Crippen LogP contribution in [-0.4, -0.2) is 36.3 Å². The highest BCUT2D eigenvalue weighted by molar-refractivity contribution is 7.99. The molecular formula is C17H17NO3S2. The van der Waals surface area contributed by atoms with E-state index in [-0.39, 0.29) is 11.3 Å². The number of benzene rings is 1. The molecule has 1 atom stereocenters. The molecule has 1 amide bonds. The number of thioether (sulfide) groups is 1. The van der Waals surface area contributed by atoms with Crippen LogP contribution in [0.4, 0.5) is 0 Å². The second-order valence-corrected chi connectivity index (χ2v) is 7.69. The largest absolute Gasteiger partial charge is 0.486 e. The van der Waals surface area contributed by atoms with E-state index in [1.807, 2.05) is 52.4 Å². The highest BCUT2D eigenvalue weighted by Crippen LogP contribution is 2.41. The molecule has 2 aliphatic heterocycles. The third-order valence-electron chi connectivity index (χ3n) is 3.97. The van der Waals surface area contributed by atoms with Gasteiger partial charge in [-0.05, 0) is 29.1 Å². The Hall–Kier alpha value is -1.66. The fourth-order valence-corrected chi connectivity index (χ4v) is 4.84. The number of carbonyl (C=O) groups is 1. The van der Waals surface area contributed by atoms with Gasteiger partial charge in [-0.3, -0.25) is 4.79 Å². The fourth-order valence-electron chi connectivity index (χ4n) is 2.88. The highest BCUT2D eigenvalue weighted by atomic mass is 32.2. The Morgan fingerprint density at radius 3 is 2.91 bits per heavy atom. The molecule has 0 bridgehead atoms. The van der Waals surface area contributed by atoms with E-state index < -0.39 is 0 Å². The topological polar surface area (TPSA) is 38.8 Å². The number of thiophene rings is 1. The minimum Gasteiger partial charge on any atom is -0.486 e. The minimum absolute atomic E-state index is 0.0679. The van der Waals surface area contributed by atoms with Gasteiger partial charge in [0.15, 0.2) is 11.5 Å². The third kappa shape index (κ3) is 3.05. The summed E-state index contributed by atoms with van der Waals surface area (Å²) in [6, 6.07) is 10.0. The van der Waals surface area contributed by atoms with Gasteiger partial charge in [-0.15, -0.1) is 23.1 Å². The molecule has 6 heteroatoms. The monoisotopic (exact) mass is 347 g/mol. The van der Waals surface area contributed by atoms with Crippen LogP contribution in [0.15, 0.2) is 35.7 Å². The van der Waals surface area contributed by atoms with Gasteiger partial charge in [0.1, 0.15) is 18.6 Å². The van der Waals surface area contributed by atoms with Crippen molar-refractivity contribution >= 4 is 29.0 Å². The smallest absolute Gasteiger partial charge is 0.229 e. The lowest BCUT2D eigenvalue weighted by molar-refractivity contribution is -0.130. The number of nitrogens with zero attached hydrogens (tertiary/aromatic N) is 1. The Morgan fingerprint density at radius 2 is 2.09 bits per heavy atom. The molecule has 0 saturated carbocycles. The zero-order valence-electron chi connectivity index (χ0n) is 12.6. The molecule has 1 fully saturated rings. The molecule has 1 unspecified atom stereocenters. The Balaban J connectivity index is 1.54. The summed E-state index contributed by atoms with van der Waals surface area (Å²) >= 11 is 3.44. The molecule has 0 spiro atoms. The van der Waals surface area contributed by atoms with Crippen LogP contribution in [0.2, 0.25) is 0 Å². The molecule has 4 rings (SSSR count). The van der Waals surface area contributed by atoms with E-state index in [9.17, 15) is 4.79 Å². The van der Waals surface area contributed by atoms with Gasteiger partial charge in [0, 0.05) is 17.2 Å². The first-order chi connectivity index (χ1) is 11.3. The molecule has 23 heavy (non-hydrogen) atoms. The molecule has 2 aromatic rings. The first kappa shape index (κ1) is 14.9. The van der Waals surface area contributed by atoms with Crippen molar-refractivity contribution in [1.29, 1.82) is 0 Å².